The van der Waals surface area contributed by atoms with E-state index in [1.807, 2.05) is 65.4 Å². The summed E-state index contributed by atoms with van der Waals surface area (Å²) in [6.45, 7) is 2.16. The molecule has 0 aliphatic heterocycles. The van der Waals surface area contributed by atoms with E-state index < -0.39 is 0 Å². The van der Waals surface area contributed by atoms with Gasteiger partial charge in [-0.1, -0.05) is 46.3 Å². The Bertz CT molecular complexity index is 1090. The maximum Gasteiger partial charge on any atom is 0.240 e. The van der Waals surface area contributed by atoms with Crippen molar-refractivity contribution in [1.82, 2.24) is 19.9 Å². The smallest absolute Gasteiger partial charge is 0.240 e. The van der Waals surface area contributed by atoms with E-state index in [1.54, 1.807) is 5.51 Å². The number of amides is 1. The number of fused-ring (bicyclic) bond motifs is 1. The van der Waals surface area contributed by atoms with Crippen molar-refractivity contribution >= 4 is 44.2 Å². The highest BCUT2D eigenvalue weighted by molar-refractivity contribution is 9.10. The topological polar surface area (TPSA) is 59.8 Å². The lowest BCUT2D eigenvalue weighted by atomic mass is 10.1. The molecule has 2 aromatic carbocycles. The number of aromatic nitrogens is 3. The molecule has 1 amide bonds. The Morgan fingerprint density at radius 1 is 1.22 bits per heavy atom. The van der Waals surface area contributed by atoms with Crippen molar-refractivity contribution in [2.75, 3.05) is 0 Å². The Kier molecular flexibility index (Phi) is 5.05. The monoisotopic (exact) mass is 440 g/mol. The van der Waals surface area contributed by atoms with Crippen LogP contribution in [0.1, 0.15) is 18.5 Å². The van der Waals surface area contributed by atoms with Crippen LogP contribution in [0.5, 0.6) is 0 Å². The Labute approximate surface area is 169 Å². The lowest BCUT2D eigenvalue weighted by Gasteiger charge is -2.17. The summed E-state index contributed by atoms with van der Waals surface area (Å²) in [7, 11) is 0. The standard InChI is InChI=1S/C20H17BrN4OS/c1-13(14-6-2-3-7-15(14)21)23-19(26)10-25-18-9-5-4-8-16(18)24-20(25)17-11-27-12-22-17/h2-9,11-13H,10H2,1H3,(H,23,26)/t13-/m1/s1. The van der Waals surface area contributed by atoms with E-state index in [-0.39, 0.29) is 18.5 Å². The minimum absolute atomic E-state index is 0.0714. The Hall–Kier alpha value is -2.51. The highest BCUT2D eigenvalue weighted by Crippen LogP contribution is 2.25. The molecule has 0 fully saturated rings. The molecule has 2 aromatic heterocycles. The number of hydrogen-bond acceptors (Lipinski definition) is 4. The average molecular weight is 441 g/mol. The predicted octanol–water partition coefficient (Wildman–Crippen LogP) is 4.80. The van der Waals surface area contributed by atoms with Crippen LogP contribution in [-0.2, 0) is 11.3 Å². The molecule has 2 heterocycles. The number of halogens is 1. The van der Waals surface area contributed by atoms with Crippen LogP contribution < -0.4 is 5.32 Å². The molecule has 0 aliphatic rings. The van der Waals surface area contributed by atoms with E-state index in [4.69, 9.17) is 0 Å². The van der Waals surface area contributed by atoms with Crippen LogP contribution in [0.3, 0.4) is 0 Å². The van der Waals surface area contributed by atoms with Crippen molar-refractivity contribution in [2.45, 2.75) is 19.5 Å². The second kappa shape index (κ2) is 7.62. The van der Waals surface area contributed by atoms with Crippen LogP contribution in [0.4, 0.5) is 0 Å². The molecule has 0 saturated carbocycles. The van der Waals surface area contributed by atoms with E-state index in [0.29, 0.717) is 5.82 Å². The fraction of sp³-hybridized carbons (Fsp3) is 0.150. The largest absolute Gasteiger partial charge is 0.348 e. The molecule has 0 radical (unpaired) electrons. The minimum Gasteiger partial charge on any atom is -0.348 e. The molecule has 136 valence electrons. The van der Waals surface area contributed by atoms with Crippen molar-refractivity contribution in [2.24, 2.45) is 0 Å². The van der Waals surface area contributed by atoms with Gasteiger partial charge in [-0.05, 0) is 30.7 Å². The van der Waals surface area contributed by atoms with Crippen LogP contribution in [0.25, 0.3) is 22.6 Å². The first kappa shape index (κ1) is 17.9. The first-order valence-electron chi connectivity index (χ1n) is 8.51. The maximum atomic E-state index is 12.8. The Morgan fingerprint density at radius 2 is 2.00 bits per heavy atom. The third-order valence-corrected chi connectivity index (χ3v) is 5.68. The van der Waals surface area contributed by atoms with E-state index in [9.17, 15) is 4.79 Å². The van der Waals surface area contributed by atoms with Gasteiger partial charge < -0.3 is 9.88 Å². The van der Waals surface area contributed by atoms with Crippen molar-refractivity contribution in [3.05, 3.63) is 69.5 Å². The molecule has 1 atom stereocenters. The third kappa shape index (κ3) is 3.65. The quantitative estimate of drug-likeness (QED) is 0.484. The molecular formula is C20H17BrN4OS. The van der Waals surface area contributed by atoms with Gasteiger partial charge in [-0.15, -0.1) is 11.3 Å². The molecule has 4 aromatic rings. The molecule has 1 N–H and O–H groups in total. The van der Waals surface area contributed by atoms with E-state index in [1.165, 1.54) is 11.3 Å². The van der Waals surface area contributed by atoms with Crippen molar-refractivity contribution in [3.8, 4) is 11.5 Å². The van der Waals surface area contributed by atoms with Crippen LogP contribution in [-0.4, -0.2) is 20.4 Å². The summed E-state index contributed by atoms with van der Waals surface area (Å²) in [6, 6.07) is 15.6. The van der Waals surface area contributed by atoms with Gasteiger partial charge in [0, 0.05) is 9.85 Å². The zero-order valence-corrected chi connectivity index (χ0v) is 17.0. The van der Waals surface area contributed by atoms with Crippen molar-refractivity contribution in [1.29, 1.82) is 0 Å². The number of nitrogens with zero attached hydrogens (tertiary/aromatic N) is 3. The fourth-order valence-corrected chi connectivity index (χ4v) is 4.25. The number of imidazole rings is 1. The van der Waals surface area contributed by atoms with E-state index >= 15 is 0 Å². The molecule has 0 bridgehead atoms. The zero-order chi connectivity index (χ0) is 18.8. The number of nitrogens with one attached hydrogen (secondary N) is 1. The van der Waals surface area contributed by atoms with Crippen molar-refractivity contribution < 1.29 is 4.79 Å². The van der Waals surface area contributed by atoms with E-state index in [0.717, 1.165) is 26.8 Å². The molecule has 0 aliphatic carbocycles. The predicted molar refractivity (Wildman–Crippen MR) is 112 cm³/mol. The van der Waals surface area contributed by atoms with Gasteiger partial charge in [-0.3, -0.25) is 4.79 Å². The number of hydrogen-bond donors (Lipinski definition) is 1. The highest BCUT2D eigenvalue weighted by Gasteiger charge is 2.18. The number of rotatable bonds is 5. The number of carbonyl (C=O) groups excluding carboxylic acids is 1. The molecule has 0 spiro atoms. The summed E-state index contributed by atoms with van der Waals surface area (Å²) in [5.74, 6) is 0.638. The van der Waals surface area contributed by atoms with Gasteiger partial charge in [0.05, 0.1) is 22.6 Å². The van der Waals surface area contributed by atoms with Crippen LogP contribution in [0, 0.1) is 0 Å². The molecule has 27 heavy (non-hydrogen) atoms. The highest BCUT2D eigenvalue weighted by atomic mass is 79.9. The summed E-state index contributed by atoms with van der Waals surface area (Å²) >= 11 is 5.06. The van der Waals surface area contributed by atoms with Crippen LogP contribution in [0.2, 0.25) is 0 Å². The van der Waals surface area contributed by atoms with Gasteiger partial charge in [0.15, 0.2) is 5.82 Å². The van der Waals surface area contributed by atoms with Crippen molar-refractivity contribution in [3.63, 3.8) is 0 Å². The lowest BCUT2D eigenvalue weighted by molar-refractivity contribution is -0.122. The van der Waals surface area contributed by atoms with Gasteiger partial charge in [0.1, 0.15) is 12.2 Å². The number of carbonyl (C=O) groups is 1. The number of thiazole rings is 1. The second-order valence-electron chi connectivity index (χ2n) is 6.19. The molecular weight excluding hydrogens is 424 g/mol. The van der Waals surface area contributed by atoms with Gasteiger partial charge in [-0.25, -0.2) is 9.97 Å². The zero-order valence-electron chi connectivity index (χ0n) is 14.6. The summed E-state index contributed by atoms with van der Waals surface area (Å²) in [4.78, 5) is 21.8. The SMILES string of the molecule is C[C@@H](NC(=O)Cn1c(-c2cscn2)nc2ccccc21)c1ccccc1Br. The summed E-state index contributed by atoms with van der Waals surface area (Å²) in [5, 5.41) is 5.02. The number of para-hydroxylation sites is 2. The third-order valence-electron chi connectivity index (χ3n) is 4.37. The average Bonchev–Trinajstić information content (AvgIpc) is 3.30. The van der Waals surface area contributed by atoms with Gasteiger partial charge in [0.2, 0.25) is 5.91 Å². The maximum absolute atomic E-state index is 12.8. The Balaban J connectivity index is 1.62. The molecule has 4 rings (SSSR count). The molecule has 5 nitrogen and oxygen atoms in total. The minimum atomic E-state index is -0.106. The lowest BCUT2D eigenvalue weighted by Crippen LogP contribution is -2.30. The summed E-state index contributed by atoms with van der Waals surface area (Å²) in [5.41, 5.74) is 5.37. The first-order chi connectivity index (χ1) is 13.1. The van der Waals surface area contributed by atoms with Gasteiger partial charge in [-0.2, -0.15) is 0 Å². The van der Waals surface area contributed by atoms with Crippen LogP contribution >= 0.6 is 27.3 Å². The normalized spacial score (nSPS) is 12.2. The molecule has 0 unspecified atom stereocenters. The molecule has 7 heteroatoms. The first-order valence-corrected chi connectivity index (χ1v) is 10.2. The molecule has 0 saturated heterocycles. The van der Waals surface area contributed by atoms with Gasteiger partial charge >= 0.3 is 0 Å². The fourth-order valence-electron chi connectivity index (χ4n) is 3.09. The van der Waals surface area contributed by atoms with Crippen LogP contribution in [0.15, 0.2) is 63.9 Å². The van der Waals surface area contributed by atoms with Gasteiger partial charge in [0.25, 0.3) is 0 Å². The Morgan fingerprint density at radius 3 is 2.78 bits per heavy atom. The van der Waals surface area contributed by atoms with E-state index in [2.05, 4.69) is 31.2 Å². The second-order valence-corrected chi connectivity index (χ2v) is 7.77. The summed E-state index contributed by atoms with van der Waals surface area (Å²) < 4.78 is 2.90. The number of benzene rings is 2. The summed E-state index contributed by atoms with van der Waals surface area (Å²) in [6.07, 6.45) is 0.